The molecule has 0 radical (unpaired) electrons. The summed E-state index contributed by atoms with van der Waals surface area (Å²) < 4.78 is 13.5. The van der Waals surface area contributed by atoms with Gasteiger partial charge in [-0.15, -0.1) is 0 Å². The molecule has 0 spiro atoms. The SMILES string of the molecule is NC(=NCc1ccc(Cl)cc1F)NCC1CCC1. The zero-order valence-electron chi connectivity index (χ0n) is 10.1. The molecule has 0 aromatic heterocycles. The first kappa shape index (κ1) is 13.1. The Labute approximate surface area is 111 Å². The van der Waals surface area contributed by atoms with Crippen LogP contribution in [0.1, 0.15) is 24.8 Å². The maximum atomic E-state index is 13.5. The Morgan fingerprint density at radius 3 is 2.89 bits per heavy atom. The Morgan fingerprint density at radius 1 is 1.50 bits per heavy atom. The van der Waals surface area contributed by atoms with E-state index < -0.39 is 0 Å². The third-order valence-electron chi connectivity index (χ3n) is 3.23. The van der Waals surface area contributed by atoms with Crippen molar-refractivity contribution >= 4 is 17.6 Å². The topological polar surface area (TPSA) is 50.4 Å². The molecule has 0 aliphatic heterocycles. The first-order valence-electron chi connectivity index (χ1n) is 6.13. The van der Waals surface area contributed by atoms with Gasteiger partial charge in [0.05, 0.1) is 6.54 Å². The highest BCUT2D eigenvalue weighted by atomic mass is 35.5. The molecule has 3 nitrogen and oxygen atoms in total. The van der Waals surface area contributed by atoms with Crippen LogP contribution >= 0.6 is 11.6 Å². The Bertz CT molecular complexity index is 444. The lowest BCUT2D eigenvalue weighted by atomic mass is 9.85. The second-order valence-electron chi connectivity index (χ2n) is 4.62. The number of rotatable bonds is 4. The number of benzene rings is 1. The van der Waals surface area contributed by atoms with Crippen LogP contribution in [0.4, 0.5) is 4.39 Å². The van der Waals surface area contributed by atoms with Crippen LogP contribution in [-0.2, 0) is 6.54 Å². The average molecular weight is 270 g/mol. The van der Waals surface area contributed by atoms with Crippen molar-refractivity contribution in [2.75, 3.05) is 6.54 Å². The van der Waals surface area contributed by atoms with Crippen LogP contribution in [-0.4, -0.2) is 12.5 Å². The molecule has 1 fully saturated rings. The molecule has 2 rings (SSSR count). The number of aliphatic imine (C=N–C) groups is 1. The van der Waals surface area contributed by atoms with Crippen LogP contribution in [0.3, 0.4) is 0 Å². The summed E-state index contributed by atoms with van der Waals surface area (Å²) in [5, 5.41) is 3.45. The minimum Gasteiger partial charge on any atom is -0.370 e. The van der Waals surface area contributed by atoms with E-state index in [2.05, 4.69) is 10.3 Å². The van der Waals surface area contributed by atoms with E-state index in [-0.39, 0.29) is 12.4 Å². The van der Waals surface area contributed by atoms with Gasteiger partial charge in [0, 0.05) is 17.1 Å². The molecule has 1 aromatic carbocycles. The average Bonchev–Trinajstić information content (AvgIpc) is 2.25. The lowest BCUT2D eigenvalue weighted by molar-refractivity contribution is 0.315. The van der Waals surface area contributed by atoms with Crippen molar-refractivity contribution in [1.82, 2.24) is 5.32 Å². The minimum absolute atomic E-state index is 0.229. The maximum absolute atomic E-state index is 13.5. The maximum Gasteiger partial charge on any atom is 0.188 e. The van der Waals surface area contributed by atoms with Gasteiger partial charge in [0.2, 0.25) is 0 Å². The number of halogens is 2. The van der Waals surface area contributed by atoms with Gasteiger partial charge in [-0.25, -0.2) is 9.38 Å². The predicted molar refractivity (Wildman–Crippen MR) is 72.1 cm³/mol. The fourth-order valence-electron chi connectivity index (χ4n) is 1.82. The molecule has 0 unspecified atom stereocenters. The summed E-state index contributed by atoms with van der Waals surface area (Å²) in [6, 6.07) is 4.55. The summed E-state index contributed by atoms with van der Waals surface area (Å²) >= 11 is 5.67. The molecule has 1 aliphatic rings. The van der Waals surface area contributed by atoms with E-state index in [0.717, 1.165) is 6.54 Å². The van der Waals surface area contributed by atoms with Crippen LogP contribution in [0.15, 0.2) is 23.2 Å². The minimum atomic E-state index is -0.349. The molecule has 18 heavy (non-hydrogen) atoms. The van der Waals surface area contributed by atoms with Crippen molar-refractivity contribution in [3.05, 3.63) is 34.6 Å². The highest BCUT2D eigenvalue weighted by Gasteiger charge is 2.16. The zero-order valence-corrected chi connectivity index (χ0v) is 10.9. The molecular formula is C13H17ClFN3. The van der Waals surface area contributed by atoms with Gasteiger partial charge in [-0.2, -0.15) is 0 Å². The molecular weight excluding hydrogens is 253 g/mol. The number of nitrogens with one attached hydrogen (secondary N) is 1. The van der Waals surface area contributed by atoms with E-state index in [1.165, 1.54) is 25.3 Å². The van der Waals surface area contributed by atoms with Crippen LogP contribution in [0.2, 0.25) is 5.02 Å². The number of guanidine groups is 1. The Balaban J connectivity index is 1.84. The fourth-order valence-corrected chi connectivity index (χ4v) is 1.98. The summed E-state index contributed by atoms with van der Waals surface area (Å²) in [5.74, 6) is 0.736. The molecule has 1 saturated carbocycles. The van der Waals surface area contributed by atoms with Crippen LogP contribution in [0, 0.1) is 11.7 Å². The molecule has 0 saturated heterocycles. The monoisotopic (exact) mass is 269 g/mol. The van der Waals surface area contributed by atoms with E-state index in [0.29, 0.717) is 22.5 Å². The van der Waals surface area contributed by atoms with E-state index in [1.807, 2.05) is 0 Å². The summed E-state index contributed by atoms with van der Waals surface area (Å²) in [5.41, 5.74) is 6.21. The van der Waals surface area contributed by atoms with Gasteiger partial charge in [0.15, 0.2) is 5.96 Å². The van der Waals surface area contributed by atoms with E-state index in [1.54, 1.807) is 12.1 Å². The number of nitrogens with zero attached hydrogens (tertiary/aromatic N) is 1. The van der Waals surface area contributed by atoms with Crippen molar-refractivity contribution < 1.29 is 4.39 Å². The Kier molecular flexibility index (Phi) is 4.42. The van der Waals surface area contributed by atoms with Gasteiger partial charge in [0.1, 0.15) is 5.82 Å². The molecule has 3 N–H and O–H groups in total. The summed E-state index contributed by atoms with van der Waals surface area (Å²) in [6.07, 6.45) is 3.82. The van der Waals surface area contributed by atoms with Crippen LogP contribution in [0.25, 0.3) is 0 Å². The standard InChI is InChI=1S/C13H17ClFN3/c14-11-5-4-10(12(15)6-11)8-18-13(16)17-7-9-2-1-3-9/h4-6,9H,1-3,7-8H2,(H3,16,17,18). The normalized spacial score (nSPS) is 16.4. The quantitative estimate of drug-likeness (QED) is 0.652. The molecule has 0 heterocycles. The fraction of sp³-hybridized carbons (Fsp3) is 0.462. The predicted octanol–water partition coefficient (Wildman–Crippen LogP) is 2.68. The second kappa shape index (κ2) is 6.05. The number of nitrogens with two attached hydrogens (primary N) is 1. The van der Waals surface area contributed by atoms with Crippen molar-refractivity contribution in [2.24, 2.45) is 16.6 Å². The first-order valence-corrected chi connectivity index (χ1v) is 6.50. The lowest BCUT2D eigenvalue weighted by Gasteiger charge is -2.25. The summed E-state index contributed by atoms with van der Waals surface area (Å²) in [6.45, 7) is 1.09. The highest BCUT2D eigenvalue weighted by Crippen LogP contribution is 2.25. The van der Waals surface area contributed by atoms with E-state index >= 15 is 0 Å². The Morgan fingerprint density at radius 2 is 2.28 bits per heavy atom. The first-order chi connectivity index (χ1) is 8.65. The van der Waals surface area contributed by atoms with E-state index in [9.17, 15) is 4.39 Å². The van der Waals surface area contributed by atoms with Crippen molar-refractivity contribution in [3.8, 4) is 0 Å². The molecule has 1 aliphatic carbocycles. The van der Waals surface area contributed by atoms with Crippen LogP contribution < -0.4 is 11.1 Å². The largest absolute Gasteiger partial charge is 0.370 e. The van der Waals surface area contributed by atoms with Crippen molar-refractivity contribution in [3.63, 3.8) is 0 Å². The van der Waals surface area contributed by atoms with Gasteiger partial charge in [0.25, 0.3) is 0 Å². The molecule has 0 amide bonds. The van der Waals surface area contributed by atoms with Gasteiger partial charge in [-0.1, -0.05) is 24.1 Å². The highest BCUT2D eigenvalue weighted by molar-refractivity contribution is 6.30. The molecule has 5 heteroatoms. The molecule has 1 aromatic rings. The van der Waals surface area contributed by atoms with Gasteiger partial charge < -0.3 is 11.1 Å². The smallest absolute Gasteiger partial charge is 0.188 e. The Hall–Kier alpha value is -1.29. The van der Waals surface area contributed by atoms with Gasteiger partial charge >= 0.3 is 0 Å². The van der Waals surface area contributed by atoms with Crippen LogP contribution in [0.5, 0.6) is 0 Å². The third-order valence-corrected chi connectivity index (χ3v) is 3.47. The lowest BCUT2D eigenvalue weighted by Crippen LogP contribution is -2.37. The van der Waals surface area contributed by atoms with E-state index in [4.69, 9.17) is 17.3 Å². The van der Waals surface area contributed by atoms with Crippen molar-refractivity contribution in [1.29, 1.82) is 0 Å². The van der Waals surface area contributed by atoms with Gasteiger partial charge in [-0.3, -0.25) is 0 Å². The van der Waals surface area contributed by atoms with Crippen molar-refractivity contribution in [2.45, 2.75) is 25.8 Å². The van der Waals surface area contributed by atoms with Gasteiger partial charge in [-0.05, 0) is 30.9 Å². The summed E-state index contributed by atoms with van der Waals surface area (Å²) in [4.78, 5) is 4.12. The number of hydrogen-bond donors (Lipinski definition) is 2. The molecule has 98 valence electrons. The zero-order chi connectivity index (χ0) is 13.0. The second-order valence-corrected chi connectivity index (χ2v) is 5.05. The molecule has 0 bridgehead atoms. The number of hydrogen-bond acceptors (Lipinski definition) is 1. The third kappa shape index (κ3) is 3.60. The molecule has 0 atom stereocenters. The summed E-state index contributed by atoms with van der Waals surface area (Å²) in [7, 11) is 0.